The van der Waals surface area contributed by atoms with E-state index >= 15 is 0 Å². The zero-order valence-corrected chi connectivity index (χ0v) is 7.31. The first-order valence-electron chi connectivity index (χ1n) is 4.85. The number of rotatable bonds is 1. The Morgan fingerprint density at radius 2 is 2.15 bits per heavy atom. The highest BCUT2D eigenvalue weighted by molar-refractivity contribution is 6.01. The molecule has 1 fully saturated rings. The molecule has 0 saturated heterocycles. The van der Waals surface area contributed by atoms with Gasteiger partial charge in [-0.05, 0) is 24.2 Å². The molecule has 1 N–H and O–H groups in total. The molecule has 2 heteroatoms. The summed E-state index contributed by atoms with van der Waals surface area (Å²) >= 11 is 0. The van der Waals surface area contributed by atoms with Crippen LogP contribution in [0.25, 0.3) is 0 Å². The summed E-state index contributed by atoms with van der Waals surface area (Å²) in [5, 5.41) is 8.98. The summed E-state index contributed by atoms with van der Waals surface area (Å²) in [6.45, 7) is -0.0781. The van der Waals surface area contributed by atoms with Crippen LogP contribution in [0.4, 0.5) is 0 Å². The van der Waals surface area contributed by atoms with Gasteiger partial charge in [0.2, 0.25) is 0 Å². The summed E-state index contributed by atoms with van der Waals surface area (Å²) in [7, 11) is 0. The molecule has 0 radical (unpaired) electrons. The Balaban J connectivity index is 2.00. The predicted octanol–water partition coefficient (Wildman–Crippen LogP) is 0.926. The zero-order valence-electron chi connectivity index (χ0n) is 7.31. The van der Waals surface area contributed by atoms with Gasteiger partial charge in [-0.2, -0.15) is 0 Å². The largest absolute Gasteiger partial charge is 0.392 e. The molecule has 2 bridgehead atoms. The Morgan fingerprint density at radius 3 is 2.85 bits per heavy atom. The lowest BCUT2D eigenvalue weighted by Gasteiger charge is -2.17. The molecule has 1 saturated carbocycles. The monoisotopic (exact) mass is 176 g/mol. The van der Waals surface area contributed by atoms with Gasteiger partial charge < -0.3 is 5.11 Å². The lowest BCUT2D eigenvalue weighted by molar-refractivity contribution is -0.120. The van der Waals surface area contributed by atoms with Crippen molar-refractivity contribution in [2.45, 2.75) is 6.42 Å². The molecule has 0 aliphatic heterocycles. The minimum absolute atomic E-state index is 0.0781. The minimum Gasteiger partial charge on any atom is -0.392 e. The van der Waals surface area contributed by atoms with Crippen LogP contribution in [0, 0.1) is 23.7 Å². The maximum atomic E-state index is 11.7. The molecule has 3 aliphatic carbocycles. The molecule has 3 aliphatic rings. The van der Waals surface area contributed by atoms with Crippen molar-refractivity contribution in [3.05, 3.63) is 23.8 Å². The molecule has 0 unspecified atom stereocenters. The third kappa shape index (κ3) is 0.792. The molecule has 0 aromatic carbocycles. The summed E-state index contributed by atoms with van der Waals surface area (Å²) in [5.74, 6) is 1.82. The molecule has 0 heterocycles. The van der Waals surface area contributed by atoms with Gasteiger partial charge in [-0.3, -0.25) is 4.79 Å². The number of carbonyl (C=O) groups excluding carboxylic acids is 1. The van der Waals surface area contributed by atoms with Crippen LogP contribution in [0.3, 0.4) is 0 Å². The highest BCUT2D eigenvalue weighted by Gasteiger charge is 2.50. The van der Waals surface area contributed by atoms with Crippen molar-refractivity contribution in [3.63, 3.8) is 0 Å². The Hall–Kier alpha value is -0.890. The van der Waals surface area contributed by atoms with E-state index in [1.54, 1.807) is 0 Å². The fourth-order valence-electron chi connectivity index (χ4n) is 3.12. The van der Waals surface area contributed by atoms with Crippen molar-refractivity contribution in [1.82, 2.24) is 0 Å². The highest BCUT2D eigenvalue weighted by Crippen LogP contribution is 2.52. The lowest BCUT2D eigenvalue weighted by Crippen LogP contribution is -2.21. The van der Waals surface area contributed by atoms with E-state index < -0.39 is 0 Å². The van der Waals surface area contributed by atoms with Crippen LogP contribution in [0.2, 0.25) is 0 Å². The third-order valence-electron chi connectivity index (χ3n) is 3.70. The van der Waals surface area contributed by atoms with Crippen molar-refractivity contribution in [3.8, 4) is 0 Å². The van der Waals surface area contributed by atoms with Gasteiger partial charge in [0.25, 0.3) is 0 Å². The molecule has 0 aromatic rings. The molecule has 0 amide bonds. The van der Waals surface area contributed by atoms with Gasteiger partial charge in [0.15, 0.2) is 5.78 Å². The number of carbonyl (C=O) groups is 1. The Bertz CT molecular complexity index is 327. The van der Waals surface area contributed by atoms with Crippen LogP contribution in [0.15, 0.2) is 23.8 Å². The molecular formula is C11H12O2. The molecule has 13 heavy (non-hydrogen) atoms. The van der Waals surface area contributed by atoms with Gasteiger partial charge in [-0.25, -0.2) is 0 Å². The number of aliphatic hydroxyl groups is 1. The number of Topliss-reactive ketones (excluding diaryl/α,β-unsaturated/α-hetero) is 1. The third-order valence-corrected chi connectivity index (χ3v) is 3.70. The summed E-state index contributed by atoms with van der Waals surface area (Å²) in [6, 6.07) is 0. The number of hydrogen-bond acceptors (Lipinski definition) is 2. The minimum atomic E-state index is -0.0781. The molecule has 4 atom stereocenters. The number of allylic oxidation sites excluding steroid dienone is 3. The van der Waals surface area contributed by atoms with Crippen molar-refractivity contribution in [2.24, 2.45) is 23.7 Å². The van der Waals surface area contributed by atoms with Crippen molar-refractivity contribution in [1.29, 1.82) is 0 Å². The first kappa shape index (κ1) is 7.51. The van der Waals surface area contributed by atoms with Gasteiger partial charge in [0.1, 0.15) is 0 Å². The van der Waals surface area contributed by atoms with Crippen LogP contribution in [-0.4, -0.2) is 17.5 Å². The first-order chi connectivity index (χ1) is 6.31. The van der Waals surface area contributed by atoms with Crippen LogP contribution in [0.1, 0.15) is 6.42 Å². The van der Waals surface area contributed by atoms with Crippen LogP contribution >= 0.6 is 0 Å². The summed E-state index contributed by atoms with van der Waals surface area (Å²) in [6.07, 6.45) is 7.56. The Kier molecular flexibility index (Phi) is 1.34. The fraction of sp³-hybridized carbons (Fsp3) is 0.545. The van der Waals surface area contributed by atoms with Crippen LogP contribution < -0.4 is 0 Å². The molecule has 0 aromatic heterocycles. The van der Waals surface area contributed by atoms with Crippen LogP contribution in [-0.2, 0) is 4.79 Å². The average molecular weight is 176 g/mol. The summed E-state index contributed by atoms with van der Waals surface area (Å²) in [4.78, 5) is 11.7. The predicted molar refractivity (Wildman–Crippen MR) is 47.9 cm³/mol. The second-order valence-corrected chi connectivity index (χ2v) is 4.27. The molecule has 0 spiro atoms. The van der Waals surface area contributed by atoms with Gasteiger partial charge in [0, 0.05) is 11.5 Å². The van der Waals surface area contributed by atoms with Crippen molar-refractivity contribution >= 4 is 5.78 Å². The van der Waals surface area contributed by atoms with Crippen molar-refractivity contribution in [2.75, 3.05) is 6.61 Å². The Labute approximate surface area is 76.9 Å². The SMILES string of the molecule is O=C1C(CO)=C[C@@H]2[C@H]1[C@@H]1C=C[C@H]2C1. The van der Waals surface area contributed by atoms with E-state index in [-0.39, 0.29) is 18.3 Å². The quantitative estimate of drug-likeness (QED) is 0.603. The maximum absolute atomic E-state index is 11.7. The molecular weight excluding hydrogens is 164 g/mol. The van der Waals surface area contributed by atoms with Gasteiger partial charge in [-0.15, -0.1) is 0 Å². The van der Waals surface area contributed by atoms with E-state index in [4.69, 9.17) is 5.11 Å². The summed E-state index contributed by atoms with van der Waals surface area (Å²) in [5.41, 5.74) is 0.647. The second kappa shape index (κ2) is 2.32. The number of hydrogen-bond donors (Lipinski definition) is 1. The van der Waals surface area contributed by atoms with Gasteiger partial charge in [-0.1, -0.05) is 18.2 Å². The highest BCUT2D eigenvalue weighted by atomic mass is 16.3. The lowest BCUT2D eigenvalue weighted by atomic mass is 9.85. The second-order valence-electron chi connectivity index (χ2n) is 4.27. The molecule has 3 rings (SSSR count). The normalized spacial score (nSPS) is 45.6. The summed E-state index contributed by atoms with van der Waals surface area (Å²) < 4.78 is 0. The molecule has 68 valence electrons. The number of fused-ring (bicyclic) bond motifs is 5. The van der Waals surface area contributed by atoms with Gasteiger partial charge in [0.05, 0.1) is 6.61 Å². The van der Waals surface area contributed by atoms with Gasteiger partial charge >= 0.3 is 0 Å². The fourth-order valence-corrected chi connectivity index (χ4v) is 3.12. The Morgan fingerprint density at radius 1 is 1.38 bits per heavy atom. The van der Waals surface area contributed by atoms with E-state index in [0.29, 0.717) is 23.3 Å². The molecule has 2 nitrogen and oxygen atoms in total. The van der Waals surface area contributed by atoms with E-state index in [1.165, 1.54) is 0 Å². The van der Waals surface area contributed by atoms with Crippen molar-refractivity contribution < 1.29 is 9.90 Å². The van der Waals surface area contributed by atoms with E-state index in [1.807, 2.05) is 6.08 Å². The van der Waals surface area contributed by atoms with E-state index in [0.717, 1.165) is 6.42 Å². The zero-order chi connectivity index (χ0) is 9.00. The standard InChI is InChI=1S/C11H12O2/c12-5-8-4-9-6-1-2-7(3-6)10(9)11(8)13/h1-2,4,6-7,9-10,12H,3,5H2/t6-,7+,9-,10+/m0/s1. The van der Waals surface area contributed by atoms with E-state index in [2.05, 4.69) is 12.2 Å². The average Bonchev–Trinajstić information content (AvgIpc) is 2.76. The van der Waals surface area contributed by atoms with E-state index in [9.17, 15) is 4.79 Å². The van der Waals surface area contributed by atoms with Crippen LogP contribution in [0.5, 0.6) is 0 Å². The first-order valence-corrected chi connectivity index (χ1v) is 4.85. The smallest absolute Gasteiger partial charge is 0.165 e. The number of ketones is 1. The topological polar surface area (TPSA) is 37.3 Å². The number of aliphatic hydroxyl groups excluding tert-OH is 1. The maximum Gasteiger partial charge on any atom is 0.165 e.